The topological polar surface area (TPSA) is 29.5 Å². The number of nitrogens with zero attached hydrogens (tertiary/aromatic N) is 1. The minimum Gasteiger partial charge on any atom is -0.456 e. The first-order valence-corrected chi connectivity index (χ1v) is 20.7. The van der Waals surface area contributed by atoms with Gasteiger partial charge in [0.2, 0.25) is 0 Å². The first-order chi connectivity index (χ1) is 29.5. The Morgan fingerprint density at radius 2 is 0.800 bits per heavy atom. The maximum absolute atomic E-state index is 6.27. The van der Waals surface area contributed by atoms with Crippen molar-refractivity contribution in [3.8, 4) is 44.5 Å². The zero-order valence-electron chi connectivity index (χ0n) is 33.3. The van der Waals surface area contributed by atoms with Gasteiger partial charge in [-0.1, -0.05) is 153 Å². The summed E-state index contributed by atoms with van der Waals surface area (Å²) in [6, 6.07) is 72.0. The molecule has 0 unspecified atom stereocenters. The van der Waals surface area contributed by atoms with Crippen LogP contribution in [0, 0.1) is 0 Å². The molecule has 0 N–H and O–H groups in total. The molecule has 0 aliphatic heterocycles. The van der Waals surface area contributed by atoms with E-state index in [9.17, 15) is 0 Å². The summed E-state index contributed by atoms with van der Waals surface area (Å²) in [6.07, 6.45) is 0. The molecule has 9 aromatic carbocycles. The van der Waals surface area contributed by atoms with Crippen LogP contribution in [0.25, 0.3) is 88.4 Å². The van der Waals surface area contributed by atoms with Crippen LogP contribution in [-0.2, 0) is 5.41 Å². The molecule has 0 atom stereocenters. The van der Waals surface area contributed by atoms with Gasteiger partial charge in [0.15, 0.2) is 0 Å². The van der Waals surface area contributed by atoms with Crippen molar-refractivity contribution < 1.29 is 8.83 Å². The molecule has 0 saturated carbocycles. The quantitative estimate of drug-likeness (QED) is 0.169. The summed E-state index contributed by atoms with van der Waals surface area (Å²) in [4.78, 5) is 2.40. The van der Waals surface area contributed by atoms with Crippen LogP contribution in [0.3, 0.4) is 0 Å². The highest BCUT2D eigenvalue weighted by molar-refractivity contribution is 6.13. The molecular weight excluding hydrogens is 731 g/mol. The predicted octanol–water partition coefficient (Wildman–Crippen LogP) is 16.3. The Balaban J connectivity index is 1.01. The van der Waals surface area contributed by atoms with Crippen LogP contribution in [0.4, 0.5) is 17.1 Å². The van der Waals surface area contributed by atoms with Crippen LogP contribution >= 0.6 is 0 Å². The highest BCUT2D eigenvalue weighted by Gasteiger charge is 2.35. The number of benzene rings is 9. The maximum atomic E-state index is 6.27. The molecule has 2 heterocycles. The van der Waals surface area contributed by atoms with E-state index in [1.165, 1.54) is 33.4 Å². The second kappa shape index (κ2) is 13.2. The zero-order valence-corrected chi connectivity index (χ0v) is 33.3. The molecule has 0 fully saturated rings. The van der Waals surface area contributed by atoms with E-state index < -0.39 is 0 Å². The SMILES string of the molecule is CC1(C)c2ccccc2-c2cc(-c3ccccc3N(c3ccc(-c4cccc5oc6ccccc6c45)cc3)c3ccc(-c4cccc5oc6ccccc6c45)cc3)ccc21. The van der Waals surface area contributed by atoms with Crippen molar-refractivity contribution in [2.45, 2.75) is 19.3 Å². The first kappa shape index (κ1) is 34.4. The lowest BCUT2D eigenvalue weighted by atomic mass is 9.82. The monoisotopic (exact) mass is 769 g/mol. The van der Waals surface area contributed by atoms with Crippen molar-refractivity contribution in [1.82, 2.24) is 0 Å². The van der Waals surface area contributed by atoms with Crippen LogP contribution in [-0.4, -0.2) is 0 Å². The Labute approximate surface area is 348 Å². The molecule has 0 saturated heterocycles. The number of para-hydroxylation sites is 3. The summed E-state index contributed by atoms with van der Waals surface area (Å²) in [5.41, 5.74) is 19.1. The standard InChI is InChI=1S/C57H39NO2/c1-57(2)48-19-7-3-14-44(48)47-35-38(29-34-49(47)57)41-13-4-8-20-50(41)58(39-30-25-36(26-31-39)42-17-11-23-53-55(42)45-15-5-9-21-51(45)59-53)40-32-27-37(28-33-40)43-18-12-24-54-56(43)46-16-6-10-22-52(46)60-54/h3-35H,1-2H3. The van der Waals surface area contributed by atoms with Gasteiger partial charge in [-0.15, -0.1) is 0 Å². The van der Waals surface area contributed by atoms with E-state index >= 15 is 0 Å². The number of rotatable bonds is 6. The third-order valence-electron chi connectivity index (χ3n) is 12.7. The molecule has 3 heteroatoms. The molecule has 2 aromatic heterocycles. The largest absolute Gasteiger partial charge is 0.456 e. The number of furan rings is 2. The maximum Gasteiger partial charge on any atom is 0.136 e. The van der Waals surface area contributed by atoms with Crippen molar-refractivity contribution >= 4 is 60.9 Å². The van der Waals surface area contributed by atoms with Crippen LogP contribution in [0.1, 0.15) is 25.0 Å². The van der Waals surface area contributed by atoms with Gasteiger partial charge in [-0.3, -0.25) is 0 Å². The first-order valence-electron chi connectivity index (χ1n) is 20.7. The lowest BCUT2D eigenvalue weighted by molar-refractivity contribution is 0.660. The summed E-state index contributed by atoms with van der Waals surface area (Å²) < 4.78 is 12.5. The average molecular weight is 770 g/mol. The van der Waals surface area contributed by atoms with Gasteiger partial charge >= 0.3 is 0 Å². The van der Waals surface area contributed by atoms with Crippen LogP contribution < -0.4 is 4.90 Å². The van der Waals surface area contributed by atoms with Gasteiger partial charge in [-0.25, -0.2) is 0 Å². The molecule has 0 bridgehead atoms. The van der Waals surface area contributed by atoms with Gasteiger partial charge in [0.25, 0.3) is 0 Å². The van der Waals surface area contributed by atoms with Crippen molar-refractivity contribution in [2.24, 2.45) is 0 Å². The molecule has 60 heavy (non-hydrogen) atoms. The predicted molar refractivity (Wildman–Crippen MR) is 250 cm³/mol. The Morgan fingerprint density at radius 3 is 1.40 bits per heavy atom. The Hall–Kier alpha value is -7.62. The van der Waals surface area contributed by atoms with Crippen molar-refractivity contribution in [2.75, 3.05) is 4.90 Å². The Morgan fingerprint density at radius 1 is 0.350 bits per heavy atom. The third-order valence-corrected chi connectivity index (χ3v) is 12.7. The molecule has 1 aliphatic rings. The Bertz CT molecular complexity index is 3300. The van der Waals surface area contributed by atoms with Crippen molar-refractivity contribution in [3.05, 3.63) is 211 Å². The fourth-order valence-corrected chi connectivity index (χ4v) is 9.84. The molecule has 11 aromatic rings. The summed E-state index contributed by atoms with van der Waals surface area (Å²) in [5, 5.41) is 4.53. The van der Waals surface area contributed by atoms with Crippen molar-refractivity contribution in [3.63, 3.8) is 0 Å². The van der Waals surface area contributed by atoms with Gasteiger partial charge in [0.1, 0.15) is 22.3 Å². The lowest BCUT2D eigenvalue weighted by Crippen LogP contribution is -2.14. The van der Waals surface area contributed by atoms with Crippen LogP contribution in [0.5, 0.6) is 0 Å². The minimum atomic E-state index is -0.0559. The van der Waals surface area contributed by atoms with E-state index in [0.29, 0.717) is 0 Å². The number of hydrogen-bond donors (Lipinski definition) is 0. The minimum absolute atomic E-state index is 0.0559. The average Bonchev–Trinajstić information content (AvgIpc) is 3.95. The molecule has 0 amide bonds. The fraction of sp³-hybridized carbons (Fsp3) is 0.0526. The normalized spacial score (nSPS) is 13.0. The lowest BCUT2D eigenvalue weighted by Gasteiger charge is -2.28. The summed E-state index contributed by atoms with van der Waals surface area (Å²) in [7, 11) is 0. The highest BCUT2D eigenvalue weighted by Crippen LogP contribution is 2.51. The Kier molecular flexibility index (Phi) is 7.58. The molecule has 1 aliphatic carbocycles. The molecule has 12 rings (SSSR count). The summed E-state index contributed by atoms with van der Waals surface area (Å²) in [6.45, 7) is 4.68. The van der Waals surface area contributed by atoms with Gasteiger partial charge in [-0.2, -0.15) is 0 Å². The second-order valence-corrected chi connectivity index (χ2v) is 16.4. The van der Waals surface area contributed by atoms with E-state index in [1.807, 2.05) is 24.3 Å². The number of hydrogen-bond acceptors (Lipinski definition) is 3. The highest BCUT2D eigenvalue weighted by atomic mass is 16.3. The van der Waals surface area contributed by atoms with Gasteiger partial charge in [-0.05, 0) is 111 Å². The van der Waals surface area contributed by atoms with E-state index in [0.717, 1.165) is 83.2 Å². The van der Waals surface area contributed by atoms with Gasteiger partial charge in [0, 0.05) is 43.9 Å². The van der Waals surface area contributed by atoms with Crippen LogP contribution in [0.2, 0.25) is 0 Å². The summed E-state index contributed by atoms with van der Waals surface area (Å²) in [5.74, 6) is 0. The molecule has 284 valence electrons. The van der Waals surface area contributed by atoms with E-state index in [1.54, 1.807) is 0 Å². The summed E-state index contributed by atoms with van der Waals surface area (Å²) >= 11 is 0. The molecule has 0 spiro atoms. The third kappa shape index (κ3) is 5.22. The van der Waals surface area contributed by atoms with E-state index in [2.05, 4.69) is 195 Å². The molecule has 3 nitrogen and oxygen atoms in total. The smallest absolute Gasteiger partial charge is 0.136 e. The van der Waals surface area contributed by atoms with Gasteiger partial charge < -0.3 is 13.7 Å². The second-order valence-electron chi connectivity index (χ2n) is 16.4. The number of anilines is 3. The fourth-order valence-electron chi connectivity index (χ4n) is 9.84. The molecular formula is C57H39NO2. The van der Waals surface area contributed by atoms with E-state index in [-0.39, 0.29) is 5.41 Å². The molecule has 0 radical (unpaired) electrons. The zero-order chi connectivity index (χ0) is 40.0. The number of fused-ring (bicyclic) bond motifs is 9. The van der Waals surface area contributed by atoms with Gasteiger partial charge in [0.05, 0.1) is 5.69 Å². The van der Waals surface area contributed by atoms with Crippen molar-refractivity contribution in [1.29, 1.82) is 0 Å². The van der Waals surface area contributed by atoms with E-state index in [4.69, 9.17) is 8.83 Å². The van der Waals surface area contributed by atoms with Crippen LogP contribution in [0.15, 0.2) is 209 Å².